The van der Waals surface area contributed by atoms with Crippen molar-refractivity contribution in [2.75, 3.05) is 13.1 Å². The zero-order valence-corrected chi connectivity index (χ0v) is 9.98. The predicted octanol–water partition coefficient (Wildman–Crippen LogP) is 2.48. The number of carboxylic acid groups (broad SMARTS) is 1. The van der Waals surface area contributed by atoms with E-state index < -0.39 is 5.97 Å². The summed E-state index contributed by atoms with van der Waals surface area (Å²) in [6, 6.07) is 7.15. The molecule has 3 heteroatoms. The highest BCUT2D eigenvalue weighted by atomic mass is 16.4. The second-order valence-corrected chi connectivity index (χ2v) is 3.89. The van der Waals surface area contributed by atoms with E-state index >= 15 is 0 Å². The number of benzene rings is 1. The normalized spacial score (nSPS) is 10.1. The van der Waals surface area contributed by atoms with Crippen molar-refractivity contribution in [3.63, 3.8) is 0 Å². The van der Waals surface area contributed by atoms with Gasteiger partial charge in [-0.05, 0) is 44.0 Å². The number of nitrogens with one attached hydrogen (secondary N) is 1. The Kier molecular flexibility index (Phi) is 6.04. The molecule has 0 aliphatic heterocycles. The van der Waals surface area contributed by atoms with Crippen molar-refractivity contribution in [1.82, 2.24) is 5.32 Å². The number of hydrogen-bond acceptors (Lipinski definition) is 2. The first-order valence-electron chi connectivity index (χ1n) is 5.88. The molecule has 0 saturated heterocycles. The highest BCUT2D eigenvalue weighted by Crippen LogP contribution is 2.08. The first-order valence-corrected chi connectivity index (χ1v) is 5.88. The minimum atomic E-state index is -0.854. The van der Waals surface area contributed by atoms with Crippen LogP contribution in [0.5, 0.6) is 0 Å². The van der Waals surface area contributed by atoms with Crippen molar-refractivity contribution in [2.24, 2.45) is 0 Å². The third-order valence-corrected chi connectivity index (χ3v) is 2.58. The van der Waals surface area contributed by atoms with Crippen LogP contribution >= 0.6 is 0 Å². The maximum Gasteiger partial charge on any atom is 0.335 e. The van der Waals surface area contributed by atoms with Gasteiger partial charge >= 0.3 is 5.97 Å². The molecule has 0 unspecified atom stereocenters. The van der Waals surface area contributed by atoms with E-state index in [-0.39, 0.29) is 0 Å². The second-order valence-electron chi connectivity index (χ2n) is 3.89. The van der Waals surface area contributed by atoms with E-state index in [2.05, 4.69) is 11.9 Å². The van der Waals surface area contributed by atoms with E-state index in [9.17, 15) is 4.79 Å². The van der Waals surface area contributed by atoms with Crippen LogP contribution in [0.2, 0.25) is 0 Å². The fraction of sp³-hybridized carbons (Fsp3) is 0.357. The Morgan fingerprint density at radius 3 is 2.82 bits per heavy atom. The lowest BCUT2D eigenvalue weighted by atomic mass is 10.0. The van der Waals surface area contributed by atoms with Gasteiger partial charge < -0.3 is 10.4 Å². The molecule has 1 aromatic rings. The smallest absolute Gasteiger partial charge is 0.335 e. The van der Waals surface area contributed by atoms with Crippen molar-refractivity contribution in [3.05, 3.63) is 48.0 Å². The maximum atomic E-state index is 11.0. The van der Waals surface area contributed by atoms with E-state index in [1.165, 1.54) is 0 Å². The highest BCUT2D eigenvalue weighted by Gasteiger charge is 2.07. The van der Waals surface area contributed by atoms with Gasteiger partial charge in [-0.3, -0.25) is 0 Å². The lowest BCUT2D eigenvalue weighted by molar-refractivity contribution is 0.0695. The lowest BCUT2D eigenvalue weighted by Gasteiger charge is -2.06. The Balaban J connectivity index is 2.36. The number of carbonyl (C=O) groups is 1. The van der Waals surface area contributed by atoms with Gasteiger partial charge in [-0.15, -0.1) is 6.58 Å². The Bertz CT molecular complexity index is 374. The van der Waals surface area contributed by atoms with Crippen LogP contribution < -0.4 is 5.32 Å². The molecule has 0 aliphatic carbocycles. The van der Waals surface area contributed by atoms with Gasteiger partial charge in [-0.1, -0.05) is 24.3 Å². The van der Waals surface area contributed by atoms with Gasteiger partial charge in [0, 0.05) is 0 Å². The van der Waals surface area contributed by atoms with Gasteiger partial charge in [0.2, 0.25) is 0 Å². The molecule has 0 aromatic heterocycles. The van der Waals surface area contributed by atoms with Crippen LogP contribution in [0.3, 0.4) is 0 Å². The van der Waals surface area contributed by atoms with Gasteiger partial charge in [0.1, 0.15) is 0 Å². The molecule has 0 atom stereocenters. The van der Waals surface area contributed by atoms with Crippen LogP contribution in [0.4, 0.5) is 0 Å². The zero-order chi connectivity index (χ0) is 12.5. The van der Waals surface area contributed by atoms with Crippen LogP contribution in [0.15, 0.2) is 36.9 Å². The predicted molar refractivity (Wildman–Crippen MR) is 69.4 cm³/mol. The van der Waals surface area contributed by atoms with E-state index in [0.29, 0.717) is 5.56 Å². The van der Waals surface area contributed by atoms with Crippen LogP contribution in [0.1, 0.15) is 28.8 Å². The van der Waals surface area contributed by atoms with E-state index in [4.69, 9.17) is 5.11 Å². The largest absolute Gasteiger partial charge is 0.478 e. The monoisotopic (exact) mass is 233 g/mol. The first-order chi connectivity index (χ1) is 8.25. The number of carboxylic acids is 1. The molecule has 2 N–H and O–H groups in total. The van der Waals surface area contributed by atoms with Gasteiger partial charge in [0.05, 0.1) is 5.56 Å². The average molecular weight is 233 g/mol. The summed E-state index contributed by atoms with van der Waals surface area (Å²) >= 11 is 0. The summed E-state index contributed by atoms with van der Waals surface area (Å²) in [5.41, 5.74) is 1.29. The van der Waals surface area contributed by atoms with Crippen LogP contribution in [-0.4, -0.2) is 24.2 Å². The second kappa shape index (κ2) is 7.63. The molecule has 17 heavy (non-hydrogen) atoms. The quantitative estimate of drug-likeness (QED) is 0.535. The van der Waals surface area contributed by atoms with E-state index in [1.807, 2.05) is 18.2 Å². The van der Waals surface area contributed by atoms with Gasteiger partial charge in [0.25, 0.3) is 0 Å². The average Bonchev–Trinajstić information content (AvgIpc) is 2.34. The highest BCUT2D eigenvalue weighted by molar-refractivity contribution is 5.89. The molecule has 92 valence electrons. The minimum Gasteiger partial charge on any atom is -0.478 e. The van der Waals surface area contributed by atoms with Gasteiger partial charge in [-0.25, -0.2) is 4.79 Å². The lowest BCUT2D eigenvalue weighted by Crippen LogP contribution is -2.19. The van der Waals surface area contributed by atoms with E-state index in [1.54, 1.807) is 12.1 Å². The molecule has 3 nitrogen and oxygen atoms in total. The van der Waals surface area contributed by atoms with Crippen molar-refractivity contribution >= 4 is 5.97 Å². The van der Waals surface area contributed by atoms with Crippen molar-refractivity contribution in [3.8, 4) is 0 Å². The summed E-state index contributed by atoms with van der Waals surface area (Å²) in [4.78, 5) is 11.0. The molecule has 0 bridgehead atoms. The summed E-state index contributed by atoms with van der Waals surface area (Å²) in [6.07, 6.45) is 4.74. The van der Waals surface area contributed by atoms with Crippen LogP contribution in [0, 0.1) is 0 Å². The summed E-state index contributed by atoms with van der Waals surface area (Å²) < 4.78 is 0. The SMILES string of the molecule is C=CCCCNCCc1ccccc1C(=O)O. The van der Waals surface area contributed by atoms with Crippen LogP contribution in [-0.2, 0) is 6.42 Å². The molecule has 0 amide bonds. The third kappa shape index (κ3) is 4.83. The molecular formula is C14H19NO2. The Labute approximate surface area is 102 Å². The summed E-state index contributed by atoms with van der Waals surface area (Å²) in [5.74, 6) is -0.854. The number of hydrogen-bond donors (Lipinski definition) is 2. The molecular weight excluding hydrogens is 214 g/mol. The first kappa shape index (κ1) is 13.5. The minimum absolute atomic E-state index is 0.403. The van der Waals surface area contributed by atoms with Gasteiger partial charge in [0.15, 0.2) is 0 Å². The molecule has 0 saturated carbocycles. The molecule has 1 rings (SSSR count). The van der Waals surface area contributed by atoms with Gasteiger partial charge in [-0.2, -0.15) is 0 Å². The van der Waals surface area contributed by atoms with Crippen molar-refractivity contribution in [1.29, 1.82) is 0 Å². The Morgan fingerprint density at radius 1 is 1.35 bits per heavy atom. The van der Waals surface area contributed by atoms with Crippen molar-refractivity contribution in [2.45, 2.75) is 19.3 Å². The fourth-order valence-corrected chi connectivity index (χ4v) is 1.67. The zero-order valence-electron chi connectivity index (χ0n) is 9.98. The summed E-state index contributed by atoms with van der Waals surface area (Å²) in [5, 5.41) is 12.3. The molecule has 1 aromatic carbocycles. The third-order valence-electron chi connectivity index (χ3n) is 2.58. The number of rotatable bonds is 8. The maximum absolute atomic E-state index is 11.0. The summed E-state index contributed by atoms with van der Waals surface area (Å²) in [6.45, 7) is 5.42. The fourth-order valence-electron chi connectivity index (χ4n) is 1.67. The molecule has 0 aliphatic rings. The molecule has 0 fully saturated rings. The number of aromatic carboxylic acids is 1. The standard InChI is InChI=1S/C14H19NO2/c1-2-3-6-10-15-11-9-12-7-4-5-8-13(12)14(16)17/h2,4-5,7-8,15H,1,3,6,9-11H2,(H,16,17). The molecule has 0 spiro atoms. The van der Waals surface area contributed by atoms with Crippen molar-refractivity contribution < 1.29 is 9.90 Å². The topological polar surface area (TPSA) is 49.3 Å². The Hall–Kier alpha value is -1.61. The number of allylic oxidation sites excluding steroid dienone is 1. The van der Waals surface area contributed by atoms with E-state index in [0.717, 1.165) is 37.9 Å². The Morgan fingerprint density at radius 2 is 2.12 bits per heavy atom. The summed E-state index contributed by atoms with van der Waals surface area (Å²) in [7, 11) is 0. The molecule has 0 heterocycles. The van der Waals surface area contributed by atoms with Crippen LogP contribution in [0.25, 0.3) is 0 Å². The molecule has 0 radical (unpaired) electrons. The number of unbranched alkanes of at least 4 members (excludes halogenated alkanes) is 1.